The van der Waals surface area contributed by atoms with Crippen LogP contribution in [0.2, 0.25) is 0 Å². The third kappa shape index (κ3) is 8.01. The molecule has 0 bridgehead atoms. The maximum Gasteiger partial charge on any atom is 0.261 e. The van der Waals surface area contributed by atoms with E-state index in [1.807, 2.05) is 62.4 Å². The number of carbonyl (C=O) groups is 4. The van der Waals surface area contributed by atoms with Gasteiger partial charge < -0.3 is 10.6 Å². The van der Waals surface area contributed by atoms with Crippen LogP contribution in [-0.4, -0.2) is 111 Å². The van der Waals surface area contributed by atoms with E-state index in [1.165, 1.54) is 22.5 Å². The summed E-state index contributed by atoms with van der Waals surface area (Å²) in [5.41, 5.74) is 5.10. The first kappa shape index (κ1) is 38.9. The summed E-state index contributed by atoms with van der Waals surface area (Å²) < 4.78 is 25.9. The summed E-state index contributed by atoms with van der Waals surface area (Å²) in [6.07, 6.45) is 10.4. The van der Waals surface area contributed by atoms with Crippen molar-refractivity contribution in [3.63, 3.8) is 0 Å². The lowest BCUT2D eigenvalue weighted by Crippen LogP contribution is -2.51. The number of nitrogens with one attached hydrogen (secondary N) is 2. The van der Waals surface area contributed by atoms with Gasteiger partial charge in [-0.3, -0.25) is 33.5 Å². The largest absolute Gasteiger partial charge is 0.313 e. The number of nitrogens with zero attached hydrogens (tertiary/aromatic N) is 6. The highest BCUT2D eigenvalue weighted by Gasteiger charge is 2.37. The lowest BCUT2D eigenvalue weighted by atomic mass is 9.90. The molecule has 6 aromatic rings. The molecule has 0 fully saturated rings. The van der Waals surface area contributed by atoms with Crippen molar-refractivity contribution in [1.29, 1.82) is 0 Å². The molecule has 15 nitrogen and oxygen atoms in total. The first-order valence-electron chi connectivity index (χ1n) is 18.1. The molecule has 4 heterocycles. The Morgan fingerprint density at radius 2 is 0.930 bits per heavy atom. The van der Waals surface area contributed by atoms with Crippen LogP contribution in [0.5, 0.6) is 0 Å². The SMILES string of the molecule is CS(=O)(=O)O.C[C@@H](CNCCNC[C@H](C)N1C(=O)c2cccc3cc(-c4cncnc4)cc(c23)C1=O)N1C(=O)c2cccc3cc(-c4cncnc4)cc(c23)C1=O. The topological polar surface area (TPSA) is 205 Å². The summed E-state index contributed by atoms with van der Waals surface area (Å²) in [6, 6.07) is 17.7. The predicted octanol–water partition coefficient (Wildman–Crippen LogP) is 4.26. The first-order chi connectivity index (χ1) is 27.3. The molecule has 0 aliphatic carbocycles. The van der Waals surface area contributed by atoms with Gasteiger partial charge in [-0.05, 0) is 72.1 Å². The van der Waals surface area contributed by atoms with Crippen LogP contribution in [0.15, 0.2) is 98.1 Å². The minimum Gasteiger partial charge on any atom is -0.313 e. The van der Waals surface area contributed by atoms with E-state index in [0.29, 0.717) is 65.5 Å². The molecule has 2 atom stereocenters. The smallest absolute Gasteiger partial charge is 0.261 e. The highest BCUT2D eigenvalue weighted by atomic mass is 32.2. The van der Waals surface area contributed by atoms with Crippen LogP contribution in [0.1, 0.15) is 55.3 Å². The molecule has 8 rings (SSSR count). The first-order valence-corrected chi connectivity index (χ1v) is 19.9. The van der Waals surface area contributed by atoms with Gasteiger partial charge in [-0.25, -0.2) is 19.9 Å². The average Bonchev–Trinajstić information content (AvgIpc) is 3.20. The molecule has 2 aliphatic rings. The molecule has 2 aliphatic heterocycles. The number of benzene rings is 4. The van der Waals surface area contributed by atoms with Gasteiger partial charge in [-0.15, -0.1) is 0 Å². The van der Waals surface area contributed by atoms with E-state index in [9.17, 15) is 27.6 Å². The summed E-state index contributed by atoms with van der Waals surface area (Å²) in [5, 5.41) is 9.62. The maximum atomic E-state index is 13.8. The zero-order chi connectivity index (χ0) is 40.4. The Bertz CT molecular complexity index is 2480. The number of amides is 4. The van der Waals surface area contributed by atoms with Gasteiger partial charge in [0.05, 0.1) is 6.26 Å². The third-order valence-corrected chi connectivity index (χ3v) is 9.78. The Kier molecular flexibility index (Phi) is 10.9. The summed E-state index contributed by atoms with van der Waals surface area (Å²) in [5.74, 6) is -1.33. The molecule has 0 saturated heterocycles. The zero-order valence-corrected chi connectivity index (χ0v) is 32.0. The van der Waals surface area contributed by atoms with Gasteiger partial charge >= 0.3 is 0 Å². The van der Waals surface area contributed by atoms with Crippen molar-refractivity contribution < 1.29 is 32.1 Å². The van der Waals surface area contributed by atoms with Crippen LogP contribution in [-0.2, 0) is 10.1 Å². The molecule has 0 radical (unpaired) electrons. The summed E-state index contributed by atoms with van der Waals surface area (Å²) >= 11 is 0. The van der Waals surface area contributed by atoms with E-state index in [0.717, 1.165) is 33.0 Å². The van der Waals surface area contributed by atoms with Crippen LogP contribution < -0.4 is 10.6 Å². The van der Waals surface area contributed by atoms with E-state index in [4.69, 9.17) is 4.55 Å². The van der Waals surface area contributed by atoms with Crippen LogP contribution in [0, 0.1) is 0 Å². The van der Waals surface area contributed by atoms with Crippen LogP contribution in [0.25, 0.3) is 43.8 Å². The monoisotopic (exact) mass is 786 g/mol. The second-order valence-electron chi connectivity index (χ2n) is 13.9. The lowest BCUT2D eigenvalue weighted by Gasteiger charge is -2.33. The molecule has 290 valence electrons. The van der Waals surface area contributed by atoms with Gasteiger partial charge in [-0.1, -0.05) is 24.3 Å². The molecule has 57 heavy (non-hydrogen) atoms. The quantitative estimate of drug-likeness (QED) is 0.0956. The minimum atomic E-state index is -3.67. The van der Waals surface area contributed by atoms with E-state index < -0.39 is 22.2 Å². The van der Waals surface area contributed by atoms with Gasteiger partial charge in [0.1, 0.15) is 12.7 Å². The predicted molar refractivity (Wildman–Crippen MR) is 213 cm³/mol. The molecule has 0 unspecified atom stereocenters. The second-order valence-corrected chi connectivity index (χ2v) is 15.4. The van der Waals surface area contributed by atoms with Gasteiger partial charge in [-0.2, -0.15) is 8.42 Å². The van der Waals surface area contributed by atoms with E-state index in [-0.39, 0.29) is 23.6 Å². The average molecular weight is 787 g/mol. The molecular formula is C41H38N8O7S. The normalized spacial score (nSPS) is 14.8. The molecule has 0 spiro atoms. The number of hydrogen-bond donors (Lipinski definition) is 3. The molecule has 2 aromatic heterocycles. The number of carbonyl (C=O) groups excluding carboxylic acids is 4. The Labute approximate surface area is 327 Å². The van der Waals surface area contributed by atoms with Gasteiger partial charge in [0.2, 0.25) is 0 Å². The van der Waals surface area contributed by atoms with Crippen LogP contribution in [0.4, 0.5) is 0 Å². The van der Waals surface area contributed by atoms with Crippen molar-refractivity contribution in [2.75, 3.05) is 32.4 Å². The standard InChI is InChI=1S/C40H34N8O4.CH4O3S/c1-23(47-37(49)31-7-3-5-25-11-27(29-17-43-21-44-18-29)13-33(35(25)31)39(47)51)15-41-9-10-42-16-24(2)48-38(50)32-8-4-6-26-12-28(30-19-45-22-46-20-30)14-34(36(26)32)40(48)52;1-5(2,3)4/h3-8,11-14,17-24,41-42H,9-10,15-16H2,1-2H3;1H3,(H,2,3,4)/t23-,24-;/m0./s1. The van der Waals surface area contributed by atoms with Gasteiger partial charge in [0, 0.05) is 107 Å². The number of imide groups is 2. The fraction of sp³-hybridized carbons (Fsp3) is 0.220. The summed E-state index contributed by atoms with van der Waals surface area (Å²) in [4.78, 5) is 74.1. The van der Waals surface area contributed by atoms with Gasteiger partial charge in [0.15, 0.2) is 0 Å². The fourth-order valence-corrected chi connectivity index (χ4v) is 7.26. The molecular weight excluding hydrogens is 749 g/mol. The lowest BCUT2D eigenvalue weighted by molar-refractivity contribution is 0.0532. The fourth-order valence-electron chi connectivity index (χ4n) is 7.26. The van der Waals surface area contributed by atoms with Crippen molar-refractivity contribution in [3.8, 4) is 22.3 Å². The number of aromatic nitrogens is 4. The maximum absolute atomic E-state index is 13.8. The highest BCUT2D eigenvalue weighted by molar-refractivity contribution is 7.85. The van der Waals surface area contributed by atoms with Crippen molar-refractivity contribution in [3.05, 3.63) is 120 Å². The third-order valence-electron chi connectivity index (χ3n) is 9.78. The van der Waals surface area contributed by atoms with Crippen molar-refractivity contribution >= 4 is 55.3 Å². The zero-order valence-electron chi connectivity index (χ0n) is 31.2. The van der Waals surface area contributed by atoms with Crippen LogP contribution >= 0.6 is 0 Å². The second kappa shape index (κ2) is 16.0. The molecule has 4 aromatic carbocycles. The Balaban J connectivity index is 0.000000935. The Morgan fingerprint density at radius 1 is 0.579 bits per heavy atom. The van der Waals surface area contributed by atoms with Crippen LogP contribution in [0.3, 0.4) is 0 Å². The number of hydrogen-bond acceptors (Lipinski definition) is 12. The van der Waals surface area contributed by atoms with Crippen molar-refractivity contribution in [2.24, 2.45) is 0 Å². The van der Waals surface area contributed by atoms with E-state index in [2.05, 4.69) is 30.6 Å². The molecule has 0 saturated carbocycles. The molecule has 3 N–H and O–H groups in total. The highest BCUT2D eigenvalue weighted by Crippen LogP contribution is 2.36. The summed E-state index contributed by atoms with van der Waals surface area (Å²) in [7, 11) is -3.67. The molecule has 4 amide bonds. The Hall–Kier alpha value is -6.33. The minimum absolute atomic E-state index is 0.322. The van der Waals surface area contributed by atoms with Crippen molar-refractivity contribution in [1.82, 2.24) is 40.4 Å². The molecule has 16 heteroatoms. The summed E-state index contributed by atoms with van der Waals surface area (Å²) in [6.45, 7) is 5.52. The Morgan fingerprint density at radius 3 is 1.30 bits per heavy atom. The van der Waals surface area contributed by atoms with E-state index >= 15 is 0 Å². The van der Waals surface area contributed by atoms with Crippen molar-refractivity contribution in [2.45, 2.75) is 25.9 Å². The van der Waals surface area contributed by atoms with Gasteiger partial charge in [0.25, 0.3) is 33.7 Å². The van der Waals surface area contributed by atoms with E-state index in [1.54, 1.807) is 36.9 Å². The number of rotatable bonds is 11.